The Morgan fingerprint density at radius 1 is 0.898 bits per heavy atom. The highest BCUT2D eigenvalue weighted by Gasteiger charge is 2.37. The van der Waals surface area contributed by atoms with Gasteiger partial charge in [-0.25, -0.2) is 0 Å². The van der Waals surface area contributed by atoms with Gasteiger partial charge in [-0.1, -0.05) is 103 Å². The minimum atomic E-state index is -0.345. The van der Waals surface area contributed by atoms with Gasteiger partial charge in [0.2, 0.25) is 5.91 Å². The monoisotopic (exact) mass is 830 g/mol. The van der Waals surface area contributed by atoms with Crippen molar-refractivity contribution >= 4 is 35.6 Å². The Balaban J connectivity index is 0.00000171. The molecule has 12 heteroatoms. The summed E-state index contributed by atoms with van der Waals surface area (Å²) in [6.07, 6.45) is 5.34. The Morgan fingerprint density at radius 2 is 1.64 bits per heavy atom. The van der Waals surface area contributed by atoms with Crippen molar-refractivity contribution in [2.24, 2.45) is 0 Å². The number of halogens is 2. The molecule has 2 N–H and O–H groups in total. The van der Waals surface area contributed by atoms with Crippen LogP contribution in [0, 0.1) is 0 Å². The predicted molar refractivity (Wildman–Crippen MR) is 228 cm³/mol. The molecule has 59 heavy (non-hydrogen) atoms. The second-order valence-corrected chi connectivity index (χ2v) is 15.1. The van der Waals surface area contributed by atoms with Crippen LogP contribution in [0.15, 0.2) is 128 Å². The van der Waals surface area contributed by atoms with Crippen LogP contribution in [0.3, 0.4) is 0 Å². The molecule has 0 saturated carbocycles. The van der Waals surface area contributed by atoms with E-state index < -0.39 is 0 Å². The summed E-state index contributed by atoms with van der Waals surface area (Å²) in [6, 6.07) is 38.1. The number of amides is 1. The minimum absolute atomic E-state index is 0.0313. The van der Waals surface area contributed by atoms with Gasteiger partial charge < -0.3 is 24.6 Å². The first-order valence-corrected chi connectivity index (χ1v) is 20.2. The van der Waals surface area contributed by atoms with Gasteiger partial charge in [0.25, 0.3) is 6.47 Å². The van der Waals surface area contributed by atoms with Crippen LogP contribution in [0.1, 0.15) is 58.9 Å². The van der Waals surface area contributed by atoms with Crippen LogP contribution in [-0.2, 0) is 35.6 Å². The largest absolute Gasteiger partial charge is 0.489 e. The van der Waals surface area contributed by atoms with Gasteiger partial charge >= 0.3 is 0 Å². The summed E-state index contributed by atoms with van der Waals surface area (Å²) in [4.78, 5) is 24.8. The maximum absolute atomic E-state index is 14.1. The average Bonchev–Trinajstić information content (AvgIpc) is 3.27. The number of carbonyl (C=O) groups is 2. The van der Waals surface area contributed by atoms with Crippen LogP contribution in [0.5, 0.6) is 17.2 Å². The second-order valence-electron chi connectivity index (χ2n) is 14.3. The van der Waals surface area contributed by atoms with Crippen LogP contribution in [0.4, 0.5) is 0 Å². The quantitative estimate of drug-likeness (QED) is 0.116. The maximum Gasteiger partial charge on any atom is 0.290 e. The Morgan fingerprint density at radius 3 is 2.36 bits per heavy atom. The first-order chi connectivity index (χ1) is 28.8. The van der Waals surface area contributed by atoms with E-state index in [1.54, 1.807) is 18.5 Å². The van der Waals surface area contributed by atoms with Gasteiger partial charge in [0.15, 0.2) is 17.6 Å². The van der Waals surface area contributed by atoms with E-state index >= 15 is 0 Å². The summed E-state index contributed by atoms with van der Waals surface area (Å²) in [7, 11) is 0. The van der Waals surface area contributed by atoms with E-state index in [4.69, 9.17) is 47.3 Å². The fraction of sp³-hybridized carbons (Fsp3) is 0.234. The standard InChI is InChI=1S/C46H42Cl2N4O4.CH2O2/c1-2-41(33-6-4-3-5-7-33)52-27-37-25-44-43(55-29-45(56-44)34-13-15-38(16-14-34)54-28-31-10-17-39(47)40(48)22-31)24-36(37)23-42(52)46(53)49-20-18-30-8-11-32(12-9-30)35-19-21-50-51-26-35;2-1-3/h3-17,19,21-22,24-26,41-42,45H,2,18,20,23,27-29H2,1H3,(H,49,53);1H,(H,2,3). The lowest BCUT2D eigenvalue weighted by atomic mass is 9.89. The number of carbonyl (C=O) groups excluding carboxylic acids is 1. The van der Waals surface area contributed by atoms with Gasteiger partial charge in [-0.15, -0.1) is 0 Å². The van der Waals surface area contributed by atoms with Crippen molar-refractivity contribution in [3.63, 3.8) is 0 Å². The molecule has 3 unspecified atom stereocenters. The summed E-state index contributed by atoms with van der Waals surface area (Å²) in [5, 5.41) is 19.0. The van der Waals surface area contributed by atoms with Gasteiger partial charge in [0.1, 0.15) is 19.0 Å². The van der Waals surface area contributed by atoms with Crippen LogP contribution in [-0.4, -0.2) is 51.8 Å². The number of ether oxygens (including phenoxy) is 3. The molecule has 0 radical (unpaired) electrons. The minimum Gasteiger partial charge on any atom is -0.489 e. The summed E-state index contributed by atoms with van der Waals surface area (Å²) in [5.74, 6) is 2.18. The lowest BCUT2D eigenvalue weighted by Gasteiger charge is -2.41. The smallest absolute Gasteiger partial charge is 0.290 e. The molecule has 1 aromatic heterocycles. The molecule has 5 aromatic carbocycles. The van der Waals surface area contributed by atoms with Crippen molar-refractivity contribution < 1.29 is 28.9 Å². The molecule has 8 rings (SSSR count). The number of nitrogens with zero attached hydrogens (tertiary/aromatic N) is 3. The van der Waals surface area contributed by atoms with Crippen molar-refractivity contribution in [2.45, 2.75) is 57.5 Å². The van der Waals surface area contributed by atoms with E-state index in [0.717, 1.165) is 57.5 Å². The van der Waals surface area contributed by atoms with E-state index in [-0.39, 0.29) is 30.6 Å². The average molecular weight is 832 g/mol. The number of carboxylic acid groups (broad SMARTS) is 1. The molecule has 1 amide bonds. The normalized spacial score (nSPS) is 16.1. The van der Waals surface area contributed by atoms with Crippen molar-refractivity contribution in [1.82, 2.24) is 20.4 Å². The molecule has 10 nitrogen and oxygen atoms in total. The Bertz CT molecular complexity index is 2330. The third kappa shape index (κ3) is 10.2. The number of benzene rings is 5. The third-order valence-corrected chi connectivity index (χ3v) is 11.3. The predicted octanol–water partition coefficient (Wildman–Crippen LogP) is 9.48. The molecule has 0 aliphatic carbocycles. The fourth-order valence-corrected chi connectivity index (χ4v) is 7.91. The Hall–Kier alpha value is -5.94. The summed E-state index contributed by atoms with van der Waals surface area (Å²) >= 11 is 12.2. The first-order valence-electron chi connectivity index (χ1n) is 19.5. The molecular weight excluding hydrogens is 787 g/mol. The van der Waals surface area contributed by atoms with Gasteiger partial charge in [-0.2, -0.15) is 10.2 Å². The topological polar surface area (TPSA) is 123 Å². The number of nitrogens with one attached hydrogen (secondary N) is 1. The van der Waals surface area contributed by atoms with Gasteiger partial charge in [0.05, 0.1) is 28.5 Å². The van der Waals surface area contributed by atoms with Crippen LogP contribution in [0.2, 0.25) is 10.0 Å². The molecule has 0 saturated heterocycles. The zero-order chi connectivity index (χ0) is 41.1. The van der Waals surface area contributed by atoms with Crippen molar-refractivity contribution in [1.29, 1.82) is 0 Å². The van der Waals surface area contributed by atoms with Crippen LogP contribution >= 0.6 is 23.2 Å². The molecular formula is C47H44Cl2N4O6. The summed E-state index contributed by atoms with van der Waals surface area (Å²) in [5.41, 5.74) is 8.63. The van der Waals surface area contributed by atoms with E-state index in [9.17, 15) is 4.79 Å². The molecule has 0 bridgehead atoms. The summed E-state index contributed by atoms with van der Waals surface area (Å²) < 4.78 is 18.9. The van der Waals surface area contributed by atoms with E-state index in [1.807, 2.05) is 48.5 Å². The first kappa shape index (κ1) is 41.2. The Labute approximate surface area is 353 Å². The highest BCUT2D eigenvalue weighted by molar-refractivity contribution is 6.42. The van der Waals surface area contributed by atoms with Crippen molar-refractivity contribution in [2.75, 3.05) is 13.2 Å². The van der Waals surface area contributed by atoms with E-state index in [2.05, 4.69) is 88.0 Å². The summed E-state index contributed by atoms with van der Waals surface area (Å²) in [6.45, 7) is 3.84. The highest BCUT2D eigenvalue weighted by Crippen LogP contribution is 2.42. The molecule has 6 aromatic rings. The number of hydrogen-bond acceptors (Lipinski definition) is 8. The zero-order valence-electron chi connectivity index (χ0n) is 32.5. The number of fused-ring (bicyclic) bond motifs is 2. The fourth-order valence-electron chi connectivity index (χ4n) is 7.59. The zero-order valence-corrected chi connectivity index (χ0v) is 34.0. The number of hydrogen-bond donors (Lipinski definition) is 2. The van der Waals surface area contributed by atoms with Crippen LogP contribution < -0.4 is 19.5 Å². The molecule has 302 valence electrons. The molecule has 2 aliphatic rings. The van der Waals surface area contributed by atoms with Crippen LogP contribution in [0.25, 0.3) is 11.1 Å². The Kier molecular flexibility index (Phi) is 13.7. The van der Waals surface area contributed by atoms with Crippen molar-refractivity contribution in [3.8, 4) is 28.4 Å². The number of rotatable bonds is 12. The molecule has 3 heterocycles. The lowest BCUT2D eigenvalue weighted by Crippen LogP contribution is -2.51. The van der Waals surface area contributed by atoms with Gasteiger partial charge in [-0.05, 0) is 101 Å². The highest BCUT2D eigenvalue weighted by atomic mass is 35.5. The third-order valence-electron chi connectivity index (χ3n) is 10.6. The van der Waals surface area contributed by atoms with Gasteiger partial charge in [0, 0.05) is 24.7 Å². The molecule has 0 fully saturated rings. The van der Waals surface area contributed by atoms with E-state index in [0.29, 0.717) is 54.3 Å². The maximum atomic E-state index is 14.1. The molecule has 2 aliphatic heterocycles. The molecule has 3 atom stereocenters. The van der Waals surface area contributed by atoms with Crippen molar-refractivity contribution in [3.05, 3.63) is 171 Å². The molecule has 0 spiro atoms. The van der Waals surface area contributed by atoms with E-state index in [1.165, 1.54) is 5.56 Å². The number of aromatic nitrogens is 2. The lowest BCUT2D eigenvalue weighted by molar-refractivity contribution is -0.128. The SMILES string of the molecule is CCC(c1ccccc1)N1Cc2cc3c(cc2CC1C(=O)NCCc1ccc(-c2ccnnc2)cc1)OCC(c1ccc(OCc2ccc(Cl)c(Cl)c2)cc1)O3.O=CO. The van der Waals surface area contributed by atoms with Gasteiger partial charge in [-0.3, -0.25) is 14.5 Å². The second kappa shape index (κ2) is 19.7.